The summed E-state index contributed by atoms with van der Waals surface area (Å²) < 4.78 is 9.56. The van der Waals surface area contributed by atoms with Crippen molar-refractivity contribution in [2.75, 3.05) is 6.61 Å². The highest BCUT2D eigenvalue weighted by molar-refractivity contribution is 5.92. The molecule has 17 heavy (non-hydrogen) atoms. The van der Waals surface area contributed by atoms with E-state index in [4.69, 9.17) is 14.5 Å². The topological polar surface area (TPSA) is 88.2 Å². The van der Waals surface area contributed by atoms with E-state index >= 15 is 0 Å². The standard InChI is InChI=1S/C11H13N3O3/c1-3-16-11(15)9(5-12)6-13-7-10-4-8(2)17-14-10/h4,6,13H,3,7H2,1-2H3/b9-6+. The Morgan fingerprint density at radius 3 is 3.06 bits per heavy atom. The van der Waals surface area contributed by atoms with Gasteiger partial charge in [-0.1, -0.05) is 5.16 Å². The van der Waals surface area contributed by atoms with Gasteiger partial charge in [-0.15, -0.1) is 0 Å². The Kier molecular flexibility index (Phi) is 4.76. The van der Waals surface area contributed by atoms with Crippen molar-refractivity contribution >= 4 is 5.97 Å². The van der Waals surface area contributed by atoms with E-state index in [1.807, 2.05) is 0 Å². The number of aromatic nitrogens is 1. The van der Waals surface area contributed by atoms with Crippen LogP contribution in [0.1, 0.15) is 18.4 Å². The van der Waals surface area contributed by atoms with E-state index in [0.717, 1.165) is 0 Å². The number of nitrogens with one attached hydrogen (secondary N) is 1. The first-order valence-corrected chi connectivity index (χ1v) is 5.10. The van der Waals surface area contributed by atoms with Crippen molar-refractivity contribution in [2.45, 2.75) is 20.4 Å². The number of hydrogen-bond donors (Lipinski definition) is 1. The van der Waals surface area contributed by atoms with Crippen LogP contribution in [-0.4, -0.2) is 17.7 Å². The minimum Gasteiger partial charge on any atom is -0.462 e. The zero-order valence-corrected chi connectivity index (χ0v) is 9.69. The smallest absolute Gasteiger partial charge is 0.350 e. The number of nitriles is 1. The lowest BCUT2D eigenvalue weighted by atomic mass is 10.3. The number of ether oxygens (including phenoxy) is 1. The van der Waals surface area contributed by atoms with Gasteiger partial charge in [0, 0.05) is 12.3 Å². The molecule has 0 aromatic carbocycles. The Bertz CT molecular complexity index is 457. The largest absolute Gasteiger partial charge is 0.462 e. The second kappa shape index (κ2) is 6.33. The molecule has 0 aliphatic rings. The third-order valence-electron chi connectivity index (χ3n) is 1.82. The van der Waals surface area contributed by atoms with Gasteiger partial charge in [0.15, 0.2) is 5.57 Å². The van der Waals surface area contributed by atoms with Crippen molar-refractivity contribution in [3.05, 3.63) is 29.3 Å². The van der Waals surface area contributed by atoms with Crippen molar-refractivity contribution in [3.8, 4) is 6.07 Å². The molecule has 6 nitrogen and oxygen atoms in total. The monoisotopic (exact) mass is 235 g/mol. The van der Waals surface area contributed by atoms with Crippen molar-refractivity contribution in [2.24, 2.45) is 0 Å². The Balaban J connectivity index is 2.51. The molecule has 0 aliphatic carbocycles. The Morgan fingerprint density at radius 2 is 2.53 bits per heavy atom. The summed E-state index contributed by atoms with van der Waals surface area (Å²) in [5.41, 5.74) is 0.618. The molecule has 0 saturated carbocycles. The number of hydrogen-bond acceptors (Lipinski definition) is 6. The van der Waals surface area contributed by atoms with Gasteiger partial charge >= 0.3 is 5.97 Å². The molecule has 1 aromatic heterocycles. The molecule has 0 unspecified atom stereocenters. The normalized spacial score (nSPS) is 10.8. The molecule has 1 heterocycles. The first-order valence-electron chi connectivity index (χ1n) is 5.10. The molecule has 0 fully saturated rings. The van der Waals surface area contributed by atoms with E-state index in [2.05, 4.69) is 10.5 Å². The highest BCUT2D eigenvalue weighted by atomic mass is 16.5. The molecule has 90 valence electrons. The minimum atomic E-state index is -0.640. The number of rotatable bonds is 5. The molecule has 0 spiro atoms. The first-order chi connectivity index (χ1) is 8.17. The van der Waals surface area contributed by atoms with Crippen LogP contribution in [0.3, 0.4) is 0 Å². The molecule has 0 radical (unpaired) electrons. The van der Waals surface area contributed by atoms with Crippen LogP contribution in [0.4, 0.5) is 0 Å². The van der Waals surface area contributed by atoms with Gasteiger partial charge in [0.2, 0.25) is 0 Å². The third kappa shape index (κ3) is 3.99. The van der Waals surface area contributed by atoms with Crippen molar-refractivity contribution in [1.29, 1.82) is 5.26 Å². The molecule has 0 saturated heterocycles. The van der Waals surface area contributed by atoms with Crippen LogP contribution in [0.15, 0.2) is 22.4 Å². The SMILES string of the molecule is CCOC(=O)/C(C#N)=C/NCc1cc(C)on1. The molecule has 0 aliphatic heterocycles. The quantitative estimate of drug-likeness (QED) is 0.466. The van der Waals surface area contributed by atoms with Crippen molar-refractivity contribution < 1.29 is 14.1 Å². The Labute approximate surface area is 98.8 Å². The zero-order chi connectivity index (χ0) is 12.7. The first kappa shape index (κ1) is 12.8. The maximum absolute atomic E-state index is 11.2. The van der Waals surface area contributed by atoms with Gasteiger partial charge in [0.05, 0.1) is 13.2 Å². The van der Waals surface area contributed by atoms with Gasteiger partial charge in [0.1, 0.15) is 17.5 Å². The molecule has 6 heteroatoms. The van der Waals surface area contributed by atoms with Gasteiger partial charge < -0.3 is 14.6 Å². The average Bonchev–Trinajstić information content (AvgIpc) is 2.71. The van der Waals surface area contributed by atoms with E-state index in [-0.39, 0.29) is 12.2 Å². The molecule has 0 bridgehead atoms. The van der Waals surface area contributed by atoms with E-state index in [1.54, 1.807) is 26.0 Å². The lowest BCUT2D eigenvalue weighted by Crippen LogP contribution is -2.12. The average molecular weight is 235 g/mol. The molecule has 0 atom stereocenters. The van der Waals surface area contributed by atoms with Crippen LogP contribution in [0.25, 0.3) is 0 Å². The van der Waals surface area contributed by atoms with Gasteiger partial charge in [-0.25, -0.2) is 4.79 Å². The maximum atomic E-state index is 11.2. The second-order valence-corrected chi connectivity index (χ2v) is 3.20. The summed E-state index contributed by atoms with van der Waals surface area (Å²) in [6, 6.07) is 3.52. The number of aryl methyl sites for hydroxylation is 1. The lowest BCUT2D eigenvalue weighted by Gasteiger charge is -2.00. The van der Waals surface area contributed by atoms with Crippen LogP contribution in [0.5, 0.6) is 0 Å². The van der Waals surface area contributed by atoms with Crippen LogP contribution in [0.2, 0.25) is 0 Å². The maximum Gasteiger partial charge on any atom is 0.350 e. The van der Waals surface area contributed by atoms with E-state index in [0.29, 0.717) is 18.0 Å². The zero-order valence-electron chi connectivity index (χ0n) is 9.69. The number of carbonyl (C=O) groups excluding carboxylic acids is 1. The van der Waals surface area contributed by atoms with Crippen molar-refractivity contribution in [3.63, 3.8) is 0 Å². The molecule has 1 aromatic rings. The summed E-state index contributed by atoms with van der Waals surface area (Å²) in [4.78, 5) is 11.2. The van der Waals surface area contributed by atoms with E-state index in [9.17, 15) is 4.79 Å². The van der Waals surface area contributed by atoms with Crippen LogP contribution in [-0.2, 0) is 16.1 Å². The Morgan fingerprint density at radius 1 is 1.76 bits per heavy atom. The van der Waals surface area contributed by atoms with Crippen LogP contribution in [0, 0.1) is 18.3 Å². The fourth-order valence-electron chi connectivity index (χ4n) is 1.10. The van der Waals surface area contributed by atoms with Crippen molar-refractivity contribution in [1.82, 2.24) is 10.5 Å². The molecule has 1 rings (SSSR count). The fraction of sp³-hybridized carbons (Fsp3) is 0.364. The van der Waals surface area contributed by atoms with Gasteiger partial charge in [0.25, 0.3) is 0 Å². The summed E-state index contributed by atoms with van der Waals surface area (Å²) in [7, 11) is 0. The molecule has 0 amide bonds. The third-order valence-corrected chi connectivity index (χ3v) is 1.82. The van der Waals surface area contributed by atoms with E-state index < -0.39 is 5.97 Å². The number of esters is 1. The lowest BCUT2D eigenvalue weighted by molar-refractivity contribution is -0.138. The van der Waals surface area contributed by atoms with Gasteiger partial charge in [-0.2, -0.15) is 5.26 Å². The van der Waals surface area contributed by atoms with Gasteiger partial charge in [-0.05, 0) is 13.8 Å². The summed E-state index contributed by atoms with van der Waals surface area (Å²) in [5, 5.41) is 15.3. The van der Waals surface area contributed by atoms with Gasteiger partial charge in [-0.3, -0.25) is 0 Å². The van der Waals surface area contributed by atoms with Crippen LogP contribution >= 0.6 is 0 Å². The fourth-order valence-corrected chi connectivity index (χ4v) is 1.10. The molecular formula is C11H13N3O3. The Hall–Kier alpha value is -2.29. The summed E-state index contributed by atoms with van der Waals surface area (Å²) in [6.45, 7) is 4.08. The molecular weight excluding hydrogens is 222 g/mol. The number of nitrogens with zero attached hydrogens (tertiary/aromatic N) is 2. The highest BCUT2D eigenvalue weighted by Crippen LogP contribution is 2.01. The number of carbonyl (C=O) groups is 1. The van der Waals surface area contributed by atoms with E-state index in [1.165, 1.54) is 6.20 Å². The molecule has 1 N–H and O–H groups in total. The van der Waals surface area contributed by atoms with Crippen LogP contribution < -0.4 is 5.32 Å². The summed E-state index contributed by atoms with van der Waals surface area (Å²) in [5.74, 6) is 0.0653. The minimum absolute atomic E-state index is 0.0768. The summed E-state index contributed by atoms with van der Waals surface area (Å²) in [6.07, 6.45) is 1.31. The highest BCUT2D eigenvalue weighted by Gasteiger charge is 2.09. The second-order valence-electron chi connectivity index (χ2n) is 3.20. The summed E-state index contributed by atoms with van der Waals surface area (Å²) >= 11 is 0. The predicted octanol–water partition coefficient (Wildman–Crippen LogP) is 1.04. The predicted molar refractivity (Wildman–Crippen MR) is 58.4 cm³/mol.